The summed E-state index contributed by atoms with van der Waals surface area (Å²) >= 11 is 6.03. The molecule has 1 aliphatic carbocycles. The van der Waals surface area contributed by atoms with Crippen LogP contribution in [0.1, 0.15) is 32.1 Å². The Morgan fingerprint density at radius 3 is 2.25 bits per heavy atom. The second kappa shape index (κ2) is 5.00. The SMILES string of the molecule is O=C1C=CC(=O)N1CCC1CCC(Cl)CC1. The first-order chi connectivity index (χ1) is 7.66. The lowest BCUT2D eigenvalue weighted by molar-refractivity contribution is -0.137. The lowest BCUT2D eigenvalue weighted by Gasteiger charge is -2.26. The third-order valence-electron chi connectivity index (χ3n) is 3.44. The first-order valence-electron chi connectivity index (χ1n) is 5.84. The molecule has 0 N–H and O–H groups in total. The summed E-state index contributed by atoms with van der Waals surface area (Å²) in [6.45, 7) is 0.558. The van der Waals surface area contributed by atoms with Crippen molar-refractivity contribution in [2.45, 2.75) is 37.5 Å². The molecule has 1 heterocycles. The molecule has 2 aliphatic rings. The topological polar surface area (TPSA) is 37.4 Å². The predicted molar refractivity (Wildman–Crippen MR) is 62.1 cm³/mol. The van der Waals surface area contributed by atoms with Gasteiger partial charge in [-0.15, -0.1) is 11.6 Å². The highest BCUT2D eigenvalue weighted by atomic mass is 35.5. The van der Waals surface area contributed by atoms with Gasteiger partial charge < -0.3 is 0 Å². The van der Waals surface area contributed by atoms with E-state index in [4.69, 9.17) is 11.6 Å². The summed E-state index contributed by atoms with van der Waals surface area (Å²) in [4.78, 5) is 23.9. The first kappa shape index (κ1) is 11.6. The zero-order valence-corrected chi connectivity index (χ0v) is 9.95. The number of hydrogen-bond donors (Lipinski definition) is 0. The highest BCUT2D eigenvalue weighted by Gasteiger charge is 2.25. The average Bonchev–Trinajstić information content (AvgIpc) is 2.59. The number of rotatable bonds is 3. The van der Waals surface area contributed by atoms with E-state index < -0.39 is 0 Å². The van der Waals surface area contributed by atoms with Crippen LogP contribution in [0, 0.1) is 5.92 Å². The molecule has 16 heavy (non-hydrogen) atoms. The molecule has 1 fully saturated rings. The minimum atomic E-state index is -0.170. The van der Waals surface area contributed by atoms with Crippen LogP contribution in [0.4, 0.5) is 0 Å². The van der Waals surface area contributed by atoms with Crippen molar-refractivity contribution in [2.75, 3.05) is 6.54 Å². The van der Waals surface area contributed by atoms with Crippen LogP contribution in [0.5, 0.6) is 0 Å². The van der Waals surface area contributed by atoms with E-state index in [0.29, 0.717) is 17.8 Å². The molecule has 2 amide bonds. The molecular formula is C12H16ClNO2. The molecule has 1 saturated carbocycles. The maximum atomic E-state index is 11.3. The van der Waals surface area contributed by atoms with Gasteiger partial charge in [-0.25, -0.2) is 0 Å². The van der Waals surface area contributed by atoms with Crippen molar-refractivity contribution in [1.82, 2.24) is 4.90 Å². The summed E-state index contributed by atoms with van der Waals surface area (Å²) in [6.07, 6.45) is 7.98. The molecule has 0 saturated heterocycles. The summed E-state index contributed by atoms with van der Waals surface area (Å²) in [6, 6.07) is 0. The first-order valence-corrected chi connectivity index (χ1v) is 6.28. The quantitative estimate of drug-likeness (QED) is 0.561. The van der Waals surface area contributed by atoms with Crippen molar-refractivity contribution in [2.24, 2.45) is 5.92 Å². The summed E-state index contributed by atoms with van der Waals surface area (Å²) in [5.74, 6) is 0.281. The zero-order valence-electron chi connectivity index (χ0n) is 9.19. The van der Waals surface area contributed by atoms with E-state index in [0.717, 1.165) is 32.1 Å². The maximum Gasteiger partial charge on any atom is 0.253 e. The van der Waals surface area contributed by atoms with Gasteiger partial charge in [-0.1, -0.05) is 0 Å². The Kier molecular flexibility index (Phi) is 3.64. The van der Waals surface area contributed by atoms with Crippen LogP contribution in [0.2, 0.25) is 0 Å². The molecule has 0 unspecified atom stereocenters. The lowest BCUT2D eigenvalue weighted by Crippen LogP contribution is -2.32. The summed E-state index contributed by atoms with van der Waals surface area (Å²) < 4.78 is 0. The Morgan fingerprint density at radius 1 is 1.12 bits per heavy atom. The zero-order chi connectivity index (χ0) is 11.5. The number of carbonyl (C=O) groups excluding carboxylic acids is 2. The predicted octanol–water partition coefficient (Wildman–Crippen LogP) is 2.10. The van der Waals surface area contributed by atoms with E-state index in [9.17, 15) is 9.59 Å². The Labute approximate surface area is 100 Å². The minimum Gasteiger partial charge on any atom is -0.275 e. The van der Waals surface area contributed by atoms with E-state index >= 15 is 0 Å². The summed E-state index contributed by atoms with van der Waals surface area (Å²) in [5, 5.41) is 0.327. The van der Waals surface area contributed by atoms with Gasteiger partial charge in [-0.2, -0.15) is 0 Å². The van der Waals surface area contributed by atoms with Crippen molar-refractivity contribution in [1.29, 1.82) is 0 Å². The fraction of sp³-hybridized carbons (Fsp3) is 0.667. The molecule has 0 aromatic heterocycles. The molecule has 0 bridgehead atoms. The van der Waals surface area contributed by atoms with Crippen molar-refractivity contribution in [3.05, 3.63) is 12.2 Å². The van der Waals surface area contributed by atoms with E-state index in [1.165, 1.54) is 17.1 Å². The monoisotopic (exact) mass is 241 g/mol. The second-order valence-electron chi connectivity index (χ2n) is 4.57. The van der Waals surface area contributed by atoms with E-state index in [2.05, 4.69) is 0 Å². The third kappa shape index (κ3) is 2.64. The van der Waals surface area contributed by atoms with Crippen LogP contribution >= 0.6 is 11.6 Å². The van der Waals surface area contributed by atoms with Crippen LogP contribution in [0.25, 0.3) is 0 Å². The van der Waals surface area contributed by atoms with Crippen molar-refractivity contribution >= 4 is 23.4 Å². The van der Waals surface area contributed by atoms with E-state index in [-0.39, 0.29) is 11.8 Å². The highest BCUT2D eigenvalue weighted by molar-refractivity contribution is 6.20. The number of imide groups is 1. The Hall–Kier alpha value is -0.830. The fourth-order valence-corrected chi connectivity index (χ4v) is 2.63. The second-order valence-corrected chi connectivity index (χ2v) is 5.19. The molecule has 0 atom stereocenters. The largest absolute Gasteiger partial charge is 0.275 e. The number of amides is 2. The number of halogens is 1. The van der Waals surface area contributed by atoms with Crippen molar-refractivity contribution < 1.29 is 9.59 Å². The Morgan fingerprint density at radius 2 is 1.69 bits per heavy atom. The number of nitrogens with zero attached hydrogens (tertiary/aromatic N) is 1. The lowest BCUT2D eigenvalue weighted by atomic mass is 9.86. The highest BCUT2D eigenvalue weighted by Crippen LogP contribution is 2.29. The van der Waals surface area contributed by atoms with Crippen LogP contribution in [0.3, 0.4) is 0 Å². The Bertz CT molecular complexity index is 301. The smallest absolute Gasteiger partial charge is 0.253 e. The molecule has 4 heteroatoms. The molecular weight excluding hydrogens is 226 g/mol. The van der Waals surface area contributed by atoms with Gasteiger partial charge in [0.2, 0.25) is 0 Å². The van der Waals surface area contributed by atoms with Gasteiger partial charge in [0.15, 0.2) is 0 Å². The van der Waals surface area contributed by atoms with Crippen LogP contribution in [-0.2, 0) is 9.59 Å². The third-order valence-corrected chi connectivity index (χ3v) is 3.87. The van der Waals surface area contributed by atoms with Crippen LogP contribution < -0.4 is 0 Å². The fourth-order valence-electron chi connectivity index (χ4n) is 2.37. The summed E-state index contributed by atoms with van der Waals surface area (Å²) in [7, 11) is 0. The standard InChI is InChI=1S/C12H16ClNO2/c13-10-3-1-9(2-4-10)7-8-14-11(15)5-6-12(14)16/h5-6,9-10H,1-4,7-8H2. The molecule has 2 rings (SSSR count). The van der Waals surface area contributed by atoms with Crippen LogP contribution in [0.15, 0.2) is 12.2 Å². The van der Waals surface area contributed by atoms with Gasteiger partial charge >= 0.3 is 0 Å². The molecule has 3 nitrogen and oxygen atoms in total. The maximum absolute atomic E-state index is 11.3. The molecule has 0 aromatic rings. The van der Waals surface area contributed by atoms with Gasteiger partial charge in [0.1, 0.15) is 0 Å². The number of carbonyl (C=O) groups is 2. The van der Waals surface area contributed by atoms with Crippen molar-refractivity contribution in [3.8, 4) is 0 Å². The molecule has 0 radical (unpaired) electrons. The van der Waals surface area contributed by atoms with Gasteiger partial charge in [0.25, 0.3) is 11.8 Å². The van der Waals surface area contributed by atoms with Crippen molar-refractivity contribution in [3.63, 3.8) is 0 Å². The normalized spacial score (nSPS) is 30.2. The summed E-state index contributed by atoms with van der Waals surface area (Å²) in [5.41, 5.74) is 0. The van der Waals surface area contributed by atoms with Gasteiger partial charge in [-0.3, -0.25) is 14.5 Å². The molecule has 88 valence electrons. The number of alkyl halides is 1. The van der Waals surface area contributed by atoms with Gasteiger partial charge in [0, 0.05) is 24.1 Å². The van der Waals surface area contributed by atoms with E-state index in [1.54, 1.807) is 0 Å². The van der Waals surface area contributed by atoms with Gasteiger partial charge in [0.05, 0.1) is 0 Å². The molecule has 0 spiro atoms. The Balaban J connectivity index is 1.75. The minimum absolute atomic E-state index is 0.170. The molecule has 1 aliphatic heterocycles. The van der Waals surface area contributed by atoms with Gasteiger partial charge in [-0.05, 0) is 38.0 Å². The average molecular weight is 242 g/mol. The molecule has 0 aromatic carbocycles. The van der Waals surface area contributed by atoms with Crippen LogP contribution in [-0.4, -0.2) is 28.6 Å². The van der Waals surface area contributed by atoms with E-state index in [1.807, 2.05) is 0 Å². The number of hydrogen-bond acceptors (Lipinski definition) is 2.